The van der Waals surface area contributed by atoms with Crippen LogP contribution in [0, 0.1) is 5.92 Å². The first kappa shape index (κ1) is 15.2. The molecule has 1 atom stereocenters. The summed E-state index contributed by atoms with van der Waals surface area (Å²) < 4.78 is 24.9. The third-order valence-corrected chi connectivity index (χ3v) is 4.89. The summed E-state index contributed by atoms with van der Waals surface area (Å²) in [6, 6.07) is 2.37. The molecule has 0 bridgehead atoms. The van der Waals surface area contributed by atoms with E-state index >= 15 is 0 Å². The minimum atomic E-state index is -2.89. The van der Waals surface area contributed by atoms with Gasteiger partial charge in [0.25, 0.3) is 0 Å². The fourth-order valence-electron chi connectivity index (χ4n) is 2.06. The Hall–Kier alpha value is -0.810. The van der Waals surface area contributed by atoms with E-state index in [2.05, 4.69) is 25.2 Å². The Morgan fingerprint density at radius 1 is 1.39 bits per heavy atom. The van der Waals surface area contributed by atoms with Crippen molar-refractivity contribution in [1.29, 1.82) is 0 Å². The Balaban J connectivity index is 2.69. The topological polar surface area (TPSA) is 51.1 Å². The molecule has 104 valence electrons. The zero-order valence-corrected chi connectivity index (χ0v) is 12.5. The van der Waals surface area contributed by atoms with Crippen molar-refractivity contribution < 1.29 is 8.42 Å². The van der Waals surface area contributed by atoms with Crippen molar-refractivity contribution in [1.82, 2.24) is 9.88 Å². The maximum Gasteiger partial charge on any atom is 0.151 e. The standard InChI is InChI=1S/C13H24N2O2S/c1-5-18(16,17)9-8-15-7-6-12(10-15)13(14-4)11(2)3/h6-7,10-11,13-14H,5,8-9H2,1-4H3. The normalized spacial score (nSPS) is 14.1. The summed E-state index contributed by atoms with van der Waals surface area (Å²) in [6.07, 6.45) is 3.99. The van der Waals surface area contributed by atoms with E-state index in [1.807, 2.05) is 24.0 Å². The number of nitrogens with one attached hydrogen (secondary N) is 1. The predicted octanol–water partition coefficient (Wildman–Crippen LogP) is 1.84. The Bertz CT molecular complexity index is 463. The van der Waals surface area contributed by atoms with E-state index < -0.39 is 9.84 Å². The van der Waals surface area contributed by atoms with Crippen molar-refractivity contribution in [3.63, 3.8) is 0 Å². The highest BCUT2D eigenvalue weighted by Crippen LogP contribution is 2.21. The molecule has 1 unspecified atom stereocenters. The molecule has 1 rings (SSSR count). The molecule has 0 aliphatic rings. The first-order chi connectivity index (χ1) is 8.39. The number of sulfone groups is 1. The van der Waals surface area contributed by atoms with Crippen LogP contribution in [0.5, 0.6) is 0 Å². The Kier molecular flexibility index (Phi) is 5.41. The van der Waals surface area contributed by atoms with Gasteiger partial charge in [-0.05, 0) is 24.6 Å². The lowest BCUT2D eigenvalue weighted by Gasteiger charge is -2.18. The van der Waals surface area contributed by atoms with Crippen molar-refractivity contribution >= 4 is 9.84 Å². The van der Waals surface area contributed by atoms with Crippen LogP contribution in [-0.2, 0) is 16.4 Å². The van der Waals surface area contributed by atoms with Gasteiger partial charge in [-0.1, -0.05) is 20.8 Å². The van der Waals surface area contributed by atoms with E-state index in [9.17, 15) is 8.42 Å². The minimum Gasteiger partial charge on any atom is -0.353 e. The molecular weight excluding hydrogens is 248 g/mol. The number of rotatable bonds is 7. The quantitative estimate of drug-likeness (QED) is 0.824. The summed E-state index contributed by atoms with van der Waals surface area (Å²) in [6.45, 7) is 6.55. The SMILES string of the molecule is CCS(=O)(=O)CCn1ccc(C(NC)C(C)C)c1. The van der Waals surface area contributed by atoms with Gasteiger partial charge >= 0.3 is 0 Å². The highest BCUT2D eigenvalue weighted by Gasteiger charge is 2.15. The third kappa shape index (κ3) is 4.14. The van der Waals surface area contributed by atoms with E-state index in [1.165, 1.54) is 5.56 Å². The maximum atomic E-state index is 11.5. The molecule has 0 saturated carbocycles. The second kappa shape index (κ2) is 6.38. The zero-order valence-electron chi connectivity index (χ0n) is 11.7. The van der Waals surface area contributed by atoms with Crippen LogP contribution in [0.2, 0.25) is 0 Å². The molecule has 1 aromatic heterocycles. The average Bonchev–Trinajstić information content (AvgIpc) is 2.76. The summed E-state index contributed by atoms with van der Waals surface area (Å²) in [5.74, 6) is 0.931. The van der Waals surface area contributed by atoms with Crippen LogP contribution in [0.1, 0.15) is 32.4 Å². The highest BCUT2D eigenvalue weighted by atomic mass is 32.2. The fourth-order valence-corrected chi connectivity index (χ4v) is 2.83. The van der Waals surface area contributed by atoms with E-state index in [0.29, 0.717) is 18.5 Å². The van der Waals surface area contributed by atoms with Crippen molar-refractivity contribution in [2.24, 2.45) is 5.92 Å². The minimum absolute atomic E-state index is 0.212. The van der Waals surface area contributed by atoms with Gasteiger partial charge in [0, 0.05) is 30.7 Å². The Morgan fingerprint density at radius 2 is 2.06 bits per heavy atom. The van der Waals surface area contributed by atoms with Gasteiger partial charge in [0.05, 0.1) is 5.75 Å². The summed E-state index contributed by atoms with van der Waals surface area (Å²) in [5.41, 5.74) is 1.21. The molecule has 1 heterocycles. The molecule has 0 aliphatic heterocycles. The first-order valence-electron chi connectivity index (χ1n) is 6.43. The predicted molar refractivity (Wildman–Crippen MR) is 75.4 cm³/mol. The van der Waals surface area contributed by atoms with Crippen LogP contribution >= 0.6 is 0 Å². The molecule has 0 fully saturated rings. The van der Waals surface area contributed by atoms with Crippen LogP contribution in [0.25, 0.3) is 0 Å². The Morgan fingerprint density at radius 3 is 2.56 bits per heavy atom. The van der Waals surface area contributed by atoms with Gasteiger partial charge in [-0.2, -0.15) is 0 Å². The van der Waals surface area contributed by atoms with E-state index in [4.69, 9.17) is 0 Å². The molecule has 0 amide bonds. The van der Waals surface area contributed by atoms with Gasteiger partial charge in [0.1, 0.15) is 0 Å². The number of aryl methyl sites for hydroxylation is 1. The van der Waals surface area contributed by atoms with Crippen LogP contribution in [0.3, 0.4) is 0 Å². The molecule has 1 N–H and O–H groups in total. The van der Waals surface area contributed by atoms with Crippen LogP contribution < -0.4 is 5.32 Å². The third-order valence-electron chi connectivity index (χ3n) is 3.21. The van der Waals surface area contributed by atoms with Gasteiger partial charge in [-0.15, -0.1) is 0 Å². The van der Waals surface area contributed by atoms with Gasteiger partial charge < -0.3 is 9.88 Å². The van der Waals surface area contributed by atoms with Gasteiger partial charge in [0.15, 0.2) is 9.84 Å². The van der Waals surface area contributed by atoms with Crippen molar-refractivity contribution in [3.05, 3.63) is 24.0 Å². The lowest BCUT2D eigenvalue weighted by atomic mass is 9.99. The van der Waals surface area contributed by atoms with Gasteiger partial charge in [-0.25, -0.2) is 8.42 Å². The Labute approximate surface area is 110 Å². The molecule has 0 spiro atoms. The van der Waals surface area contributed by atoms with Gasteiger partial charge in [-0.3, -0.25) is 0 Å². The van der Waals surface area contributed by atoms with E-state index in [-0.39, 0.29) is 11.5 Å². The summed E-state index contributed by atoms with van der Waals surface area (Å²) in [5, 5.41) is 3.28. The highest BCUT2D eigenvalue weighted by molar-refractivity contribution is 7.91. The number of aromatic nitrogens is 1. The van der Waals surface area contributed by atoms with Gasteiger partial charge in [0.2, 0.25) is 0 Å². The number of hydrogen-bond donors (Lipinski definition) is 1. The van der Waals surface area contributed by atoms with Crippen LogP contribution in [0.15, 0.2) is 18.5 Å². The molecule has 0 radical (unpaired) electrons. The number of hydrogen-bond acceptors (Lipinski definition) is 3. The molecule has 0 saturated heterocycles. The lowest BCUT2D eigenvalue weighted by molar-refractivity contribution is 0.442. The first-order valence-corrected chi connectivity index (χ1v) is 8.25. The molecular formula is C13H24N2O2S. The summed E-state index contributed by atoms with van der Waals surface area (Å²) in [4.78, 5) is 0. The molecule has 1 aromatic rings. The smallest absolute Gasteiger partial charge is 0.151 e. The van der Waals surface area contributed by atoms with Crippen molar-refractivity contribution in [2.75, 3.05) is 18.6 Å². The molecule has 0 aromatic carbocycles. The van der Waals surface area contributed by atoms with E-state index in [0.717, 1.165) is 0 Å². The largest absolute Gasteiger partial charge is 0.353 e. The maximum absolute atomic E-state index is 11.5. The lowest BCUT2D eigenvalue weighted by Crippen LogP contribution is -2.21. The second-order valence-corrected chi connectivity index (χ2v) is 7.40. The number of nitrogens with zero attached hydrogens (tertiary/aromatic N) is 1. The average molecular weight is 272 g/mol. The summed E-state index contributed by atoms with van der Waals surface area (Å²) >= 11 is 0. The van der Waals surface area contributed by atoms with Crippen molar-refractivity contribution in [2.45, 2.75) is 33.4 Å². The summed E-state index contributed by atoms with van der Waals surface area (Å²) in [7, 11) is -0.939. The monoisotopic (exact) mass is 272 g/mol. The molecule has 18 heavy (non-hydrogen) atoms. The van der Waals surface area contributed by atoms with E-state index in [1.54, 1.807) is 6.92 Å². The second-order valence-electron chi connectivity index (χ2n) is 4.93. The molecule has 5 heteroatoms. The zero-order chi connectivity index (χ0) is 13.8. The van der Waals surface area contributed by atoms with Crippen LogP contribution in [0.4, 0.5) is 0 Å². The fraction of sp³-hybridized carbons (Fsp3) is 0.692. The van der Waals surface area contributed by atoms with Crippen LogP contribution in [-0.4, -0.2) is 31.5 Å². The molecule has 0 aliphatic carbocycles. The van der Waals surface area contributed by atoms with Crippen molar-refractivity contribution in [3.8, 4) is 0 Å². The molecule has 4 nitrogen and oxygen atoms in total.